The number of benzene rings is 2. The van der Waals surface area contributed by atoms with Gasteiger partial charge in [-0.3, -0.25) is 14.6 Å². The van der Waals surface area contributed by atoms with E-state index in [4.69, 9.17) is 21.1 Å². The molecule has 1 aliphatic rings. The summed E-state index contributed by atoms with van der Waals surface area (Å²) in [6.45, 7) is 4.01. The van der Waals surface area contributed by atoms with Gasteiger partial charge in [-0.2, -0.15) is 0 Å². The first kappa shape index (κ1) is 23.7. The Balaban J connectivity index is 1.58. The van der Waals surface area contributed by atoms with E-state index in [0.717, 1.165) is 43.3 Å². The fourth-order valence-corrected chi connectivity index (χ4v) is 3.74. The molecule has 0 unspecified atom stereocenters. The summed E-state index contributed by atoms with van der Waals surface area (Å²) in [7, 11) is 2.52. The van der Waals surface area contributed by atoms with Crippen LogP contribution in [0.25, 0.3) is 0 Å². The van der Waals surface area contributed by atoms with Crippen LogP contribution in [0.4, 0.5) is 5.69 Å². The quantitative estimate of drug-likeness (QED) is 0.637. The number of methoxy groups -OCH3 is 2. The lowest BCUT2D eigenvalue weighted by Gasteiger charge is -2.34. The molecule has 170 valence electrons. The molecule has 1 heterocycles. The Bertz CT molecular complexity index is 989. The first-order valence-electron chi connectivity index (χ1n) is 10.2. The van der Waals surface area contributed by atoms with E-state index in [1.807, 2.05) is 29.2 Å². The van der Waals surface area contributed by atoms with Crippen molar-refractivity contribution in [2.45, 2.75) is 6.54 Å². The molecule has 32 heavy (non-hydrogen) atoms. The van der Waals surface area contributed by atoms with Gasteiger partial charge in [0.15, 0.2) is 0 Å². The second-order valence-electron chi connectivity index (χ2n) is 7.44. The van der Waals surface area contributed by atoms with E-state index in [9.17, 15) is 14.4 Å². The number of carbonyl (C=O) groups excluding carboxylic acids is 3. The van der Waals surface area contributed by atoms with E-state index in [1.54, 1.807) is 0 Å². The van der Waals surface area contributed by atoms with Crippen molar-refractivity contribution in [1.29, 1.82) is 0 Å². The topological polar surface area (TPSA) is 88.2 Å². The molecular formula is C23H26ClN3O5. The second kappa shape index (κ2) is 11.1. The number of anilines is 1. The lowest BCUT2D eigenvalue weighted by Crippen LogP contribution is -2.48. The van der Waals surface area contributed by atoms with Crippen LogP contribution in [0.15, 0.2) is 42.5 Å². The first-order chi connectivity index (χ1) is 15.4. The number of halogens is 1. The van der Waals surface area contributed by atoms with Crippen LogP contribution in [0.2, 0.25) is 5.02 Å². The summed E-state index contributed by atoms with van der Waals surface area (Å²) < 4.78 is 9.49. The van der Waals surface area contributed by atoms with Gasteiger partial charge in [0.05, 0.1) is 37.6 Å². The summed E-state index contributed by atoms with van der Waals surface area (Å²) in [6.07, 6.45) is 0. The van der Waals surface area contributed by atoms with Gasteiger partial charge in [-0.25, -0.2) is 9.59 Å². The summed E-state index contributed by atoms with van der Waals surface area (Å²) in [5.41, 5.74) is 1.69. The molecule has 9 heteroatoms. The van der Waals surface area contributed by atoms with Crippen LogP contribution in [0.1, 0.15) is 26.3 Å². The smallest absolute Gasteiger partial charge is 0.339 e. The van der Waals surface area contributed by atoms with Gasteiger partial charge in [-0.1, -0.05) is 29.8 Å². The van der Waals surface area contributed by atoms with Gasteiger partial charge >= 0.3 is 11.9 Å². The number of esters is 2. The number of nitrogens with one attached hydrogen (secondary N) is 1. The van der Waals surface area contributed by atoms with Crippen molar-refractivity contribution in [3.8, 4) is 0 Å². The fourth-order valence-electron chi connectivity index (χ4n) is 3.55. The maximum atomic E-state index is 12.7. The lowest BCUT2D eigenvalue weighted by atomic mass is 10.1. The van der Waals surface area contributed by atoms with Crippen molar-refractivity contribution >= 4 is 35.1 Å². The molecule has 0 spiro atoms. The van der Waals surface area contributed by atoms with Crippen LogP contribution >= 0.6 is 11.6 Å². The van der Waals surface area contributed by atoms with Gasteiger partial charge in [0.1, 0.15) is 0 Å². The SMILES string of the molecule is COC(=O)c1ccc(C(=O)OC)c(NC(=O)CN2CCN(Cc3ccccc3Cl)CC2)c1. The van der Waals surface area contributed by atoms with Gasteiger partial charge in [0.2, 0.25) is 5.91 Å². The number of nitrogens with zero attached hydrogens (tertiary/aromatic N) is 2. The molecule has 2 aromatic rings. The van der Waals surface area contributed by atoms with Crippen LogP contribution in [0, 0.1) is 0 Å². The van der Waals surface area contributed by atoms with Gasteiger partial charge in [0, 0.05) is 37.7 Å². The molecule has 0 saturated carbocycles. The molecule has 0 aliphatic carbocycles. The second-order valence-corrected chi connectivity index (χ2v) is 7.84. The van der Waals surface area contributed by atoms with Crippen molar-refractivity contribution in [3.63, 3.8) is 0 Å². The Kier molecular flexibility index (Phi) is 8.21. The van der Waals surface area contributed by atoms with E-state index < -0.39 is 11.9 Å². The summed E-state index contributed by atoms with van der Waals surface area (Å²) in [4.78, 5) is 40.9. The minimum Gasteiger partial charge on any atom is -0.465 e. The number of carbonyl (C=O) groups is 3. The van der Waals surface area contributed by atoms with Crippen molar-refractivity contribution in [2.24, 2.45) is 0 Å². The van der Waals surface area contributed by atoms with Crippen LogP contribution in [-0.4, -0.2) is 74.6 Å². The van der Waals surface area contributed by atoms with Crippen LogP contribution in [0.3, 0.4) is 0 Å². The molecule has 2 aromatic carbocycles. The molecule has 0 radical (unpaired) electrons. The third kappa shape index (κ3) is 6.06. The normalized spacial score (nSPS) is 14.6. The Hall–Kier alpha value is -2.94. The number of ether oxygens (including phenoxy) is 2. The number of rotatable bonds is 7. The fraction of sp³-hybridized carbons (Fsp3) is 0.348. The van der Waals surface area contributed by atoms with Crippen LogP contribution in [0.5, 0.6) is 0 Å². The molecule has 1 amide bonds. The minimum atomic E-state index is -0.607. The Labute approximate surface area is 192 Å². The third-order valence-corrected chi connectivity index (χ3v) is 5.67. The van der Waals surface area contributed by atoms with E-state index in [0.29, 0.717) is 0 Å². The largest absolute Gasteiger partial charge is 0.465 e. The average molecular weight is 460 g/mol. The number of hydrogen-bond acceptors (Lipinski definition) is 7. The molecule has 0 aromatic heterocycles. The van der Waals surface area contributed by atoms with Crippen LogP contribution < -0.4 is 5.32 Å². The van der Waals surface area contributed by atoms with Crippen LogP contribution in [-0.2, 0) is 20.8 Å². The predicted octanol–water partition coefficient (Wildman–Crippen LogP) is 2.67. The monoisotopic (exact) mass is 459 g/mol. The molecule has 3 rings (SSSR count). The van der Waals surface area contributed by atoms with Crippen molar-refractivity contribution in [3.05, 3.63) is 64.2 Å². The molecule has 0 atom stereocenters. The Morgan fingerprint density at radius 3 is 2.25 bits per heavy atom. The molecule has 8 nitrogen and oxygen atoms in total. The highest BCUT2D eigenvalue weighted by Crippen LogP contribution is 2.21. The van der Waals surface area contributed by atoms with E-state index in [2.05, 4.69) is 10.2 Å². The highest BCUT2D eigenvalue weighted by Gasteiger charge is 2.22. The zero-order valence-electron chi connectivity index (χ0n) is 18.1. The first-order valence-corrected chi connectivity index (χ1v) is 10.6. The van der Waals surface area contributed by atoms with E-state index >= 15 is 0 Å². The van der Waals surface area contributed by atoms with Gasteiger partial charge in [-0.05, 0) is 29.8 Å². The summed E-state index contributed by atoms with van der Waals surface area (Å²) >= 11 is 6.25. The number of hydrogen-bond donors (Lipinski definition) is 1. The van der Waals surface area contributed by atoms with Gasteiger partial charge < -0.3 is 14.8 Å². The zero-order chi connectivity index (χ0) is 23.1. The molecule has 1 fully saturated rings. The lowest BCUT2D eigenvalue weighted by molar-refractivity contribution is -0.117. The highest BCUT2D eigenvalue weighted by molar-refractivity contribution is 6.31. The maximum Gasteiger partial charge on any atom is 0.339 e. The number of amides is 1. The minimum absolute atomic E-state index is 0.165. The van der Waals surface area contributed by atoms with E-state index in [1.165, 1.54) is 32.4 Å². The zero-order valence-corrected chi connectivity index (χ0v) is 18.9. The average Bonchev–Trinajstić information content (AvgIpc) is 2.80. The van der Waals surface area contributed by atoms with E-state index in [-0.39, 0.29) is 29.3 Å². The Morgan fingerprint density at radius 2 is 1.59 bits per heavy atom. The van der Waals surface area contributed by atoms with Gasteiger partial charge in [-0.15, -0.1) is 0 Å². The molecule has 1 aliphatic heterocycles. The summed E-state index contributed by atoms with van der Waals surface area (Å²) in [5.74, 6) is -1.45. The summed E-state index contributed by atoms with van der Waals surface area (Å²) in [6, 6.07) is 12.1. The predicted molar refractivity (Wildman–Crippen MR) is 121 cm³/mol. The Morgan fingerprint density at radius 1 is 0.938 bits per heavy atom. The highest BCUT2D eigenvalue weighted by atomic mass is 35.5. The maximum absolute atomic E-state index is 12.7. The molecule has 1 N–H and O–H groups in total. The molecular weight excluding hydrogens is 434 g/mol. The molecule has 0 bridgehead atoms. The van der Waals surface area contributed by atoms with Gasteiger partial charge in [0.25, 0.3) is 0 Å². The van der Waals surface area contributed by atoms with Crippen molar-refractivity contribution in [1.82, 2.24) is 9.80 Å². The van der Waals surface area contributed by atoms with Crippen molar-refractivity contribution in [2.75, 3.05) is 52.3 Å². The standard InChI is InChI=1S/C23H26ClN3O5/c1-31-22(29)16-7-8-18(23(30)32-2)20(13-16)25-21(28)15-27-11-9-26(10-12-27)14-17-5-3-4-6-19(17)24/h3-8,13H,9-12,14-15H2,1-2H3,(H,25,28). The third-order valence-electron chi connectivity index (χ3n) is 5.30. The summed E-state index contributed by atoms with van der Waals surface area (Å²) in [5, 5.41) is 3.49. The van der Waals surface area contributed by atoms with Crippen molar-refractivity contribution < 1.29 is 23.9 Å². The number of piperazine rings is 1. The molecule has 1 saturated heterocycles.